The Morgan fingerprint density at radius 2 is 1.80 bits per heavy atom. The SMILES string of the molecule is O=c1[nH]n(CC2CO2)c(=O)n1CC1CO1. The number of ether oxygens (including phenoxy) is 2. The molecule has 0 saturated carbocycles. The van der Waals surface area contributed by atoms with Crippen LogP contribution in [0.2, 0.25) is 0 Å². The second kappa shape index (κ2) is 3.07. The Bertz CT molecular complexity index is 477. The molecule has 3 rings (SSSR count). The Balaban J connectivity index is 1.87. The van der Waals surface area contributed by atoms with Gasteiger partial charge >= 0.3 is 11.4 Å². The van der Waals surface area contributed by atoms with Crippen molar-refractivity contribution in [3.63, 3.8) is 0 Å². The molecule has 0 bridgehead atoms. The van der Waals surface area contributed by atoms with Gasteiger partial charge in [-0.2, -0.15) is 0 Å². The van der Waals surface area contributed by atoms with Crippen LogP contribution in [-0.2, 0) is 22.6 Å². The number of nitrogens with one attached hydrogen (secondary N) is 1. The van der Waals surface area contributed by atoms with Crippen molar-refractivity contribution in [3.05, 3.63) is 21.0 Å². The lowest BCUT2D eigenvalue weighted by Crippen LogP contribution is -2.31. The predicted molar refractivity (Wildman–Crippen MR) is 48.8 cm³/mol. The molecule has 2 aliphatic rings. The molecule has 2 atom stereocenters. The van der Waals surface area contributed by atoms with Crippen molar-refractivity contribution in [2.45, 2.75) is 25.3 Å². The van der Waals surface area contributed by atoms with Gasteiger partial charge in [0.05, 0.1) is 32.4 Å². The normalized spacial score (nSPS) is 28.0. The fourth-order valence-corrected chi connectivity index (χ4v) is 1.50. The summed E-state index contributed by atoms with van der Waals surface area (Å²) in [5.41, 5.74) is -0.692. The smallest absolute Gasteiger partial charge is 0.347 e. The molecule has 0 aromatic carbocycles. The van der Waals surface area contributed by atoms with Gasteiger partial charge in [0.2, 0.25) is 0 Å². The molecular weight excluding hydrogens is 202 g/mol. The molecule has 1 aromatic rings. The lowest BCUT2D eigenvalue weighted by Gasteiger charge is -1.95. The summed E-state index contributed by atoms with van der Waals surface area (Å²) < 4.78 is 12.4. The molecule has 0 spiro atoms. The predicted octanol–water partition coefficient (Wildman–Crippen LogP) is -1.86. The Labute approximate surface area is 84.2 Å². The van der Waals surface area contributed by atoms with Crippen LogP contribution in [0.15, 0.2) is 9.59 Å². The fourth-order valence-electron chi connectivity index (χ4n) is 1.50. The van der Waals surface area contributed by atoms with E-state index in [9.17, 15) is 9.59 Å². The van der Waals surface area contributed by atoms with E-state index in [0.29, 0.717) is 26.3 Å². The van der Waals surface area contributed by atoms with E-state index in [1.165, 1.54) is 9.25 Å². The summed E-state index contributed by atoms with van der Waals surface area (Å²) in [6.45, 7) is 2.05. The van der Waals surface area contributed by atoms with Crippen LogP contribution in [0.1, 0.15) is 0 Å². The van der Waals surface area contributed by atoms with Crippen LogP contribution in [0, 0.1) is 0 Å². The molecule has 0 amide bonds. The monoisotopic (exact) mass is 213 g/mol. The minimum absolute atomic E-state index is 0.0248. The third-order valence-corrected chi connectivity index (χ3v) is 2.51. The van der Waals surface area contributed by atoms with Gasteiger partial charge < -0.3 is 9.47 Å². The second-order valence-electron chi connectivity index (χ2n) is 3.83. The van der Waals surface area contributed by atoms with Crippen LogP contribution >= 0.6 is 0 Å². The number of hydrogen-bond donors (Lipinski definition) is 1. The Morgan fingerprint density at radius 1 is 1.20 bits per heavy atom. The van der Waals surface area contributed by atoms with E-state index >= 15 is 0 Å². The van der Waals surface area contributed by atoms with Crippen molar-refractivity contribution < 1.29 is 9.47 Å². The van der Waals surface area contributed by atoms with Crippen molar-refractivity contribution in [1.82, 2.24) is 14.3 Å². The van der Waals surface area contributed by atoms with Crippen molar-refractivity contribution in [2.24, 2.45) is 0 Å². The molecule has 2 saturated heterocycles. The minimum Gasteiger partial charge on any atom is -0.371 e. The van der Waals surface area contributed by atoms with Gasteiger partial charge in [0.15, 0.2) is 0 Å². The number of epoxide rings is 2. The Kier molecular flexibility index (Phi) is 1.83. The highest BCUT2D eigenvalue weighted by molar-refractivity contribution is 4.79. The minimum atomic E-state index is -0.379. The van der Waals surface area contributed by atoms with Crippen LogP contribution in [0.3, 0.4) is 0 Å². The number of aromatic nitrogens is 3. The molecule has 1 N–H and O–H groups in total. The van der Waals surface area contributed by atoms with Crippen LogP contribution in [0.25, 0.3) is 0 Å². The highest BCUT2D eigenvalue weighted by atomic mass is 16.6. The van der Waals surface area contributed by atoms with Crippen molar-refractivity contribution in [2.75, 3.05) is 13.2 Å². The first-order valence-corrected chi connectivity index (χ1v) is 4.87. The number of aromatic amines is 1. The van der Waals surface area contributed by atoms with Crippen molar-refractivity contribution in [1.29, 1.82) is 0 Å². The fraction of sp³-hybridized carbons (Fsp3) is 0.750. The van der Waals surface area contributed by atoms with E-state index in [0.717, 1.165) is 0 Å². The maximum absolute atomic E-state index is 11.7. The third-order valence-electron chi connectivity index (χ3n) is 2.51. The summed E-state index contributed by atoms with van der Waals surface area (Å²) in [4.78, 5) is 23.1. The first-order valence-electron chi connectivity index (χ1n) is 4.87. The highest BCUT2D eigenvalue weighted by Gasteiger charge is 2.28. The molecule has 7 nitrogen and oxygen atoms in total. The van der Waals surface area contributed by atoms with Gasteiger partial charge in [-0.05, 0) is 0 Å². The molecule has 2 unspecified atom stereocenters. The molecule has 3 heterocycles. The first-order chi connectivity index (χ1) is 7.24. The quantitative estimate of drug-likeness (QED) is 0.594. The molecule has 2 aliphatic heterocycles. The summed E-state index contributed by atoms with van der Waals surface area (Å²) in [5, 5.41) is 2.49. The van der Waals surface area contributed by atoms with Crippen molar-refractivity contribution in [3.8, 4) is 0 Å². The van der Waals surface area contributed by atoms with Crippen LogP contribution in [0.5, 0.6) is 0 Å². The zero-order valence-corrected chi connectivity index (χ0v) is 8.01. The maximum Gasteiger partial charge on any atom is 0.347 e. The average Bonchev–Trinajstić information content (AvgIpc) is 3.06. The van der Waals surface area contributed by atoms with Gasteiger partial charge in [0.1, 0.15) is 6.10 Å². The zero-order valence-electron chi connectivity index (χ0n) is 8.01. The Morgan fingerprint density at radius 3 is 2.40 bits per heavy atom. The Hall–Kier alpha value is -1.34. The number of nitrogens with zero attached hydrogens (tertiary/aromatic N) is 2. The molecule has 0 radical (unpaired) electrons. The van der Waals surface area contributed by atoms with E-state index in [1.807, 2.05) is 0 Å². The van der Waals surface area contributed by atoms with Gasteiger partial charge in [0.25, 0.3) is 0 Å². The maximum atomic E-state index is 11.7. The van der Waals surface area contributed by atoms with Gasteiger partial charge in [-0.3, -0.25) is 0 Å². The summed E-state index contributed by atoms with van der Waals surface area (Å²) in [5.74, 6) is 0. The van der Waals surface area contributed by atoms with Gasteiger partial charge in [-0.25, -0.2) is 23.9 Å². The molecular formula is C8H11N3O4. The van der Waals surface area contributed by atoms with E-state index in [1.54, 1.807) is 0 Å². The van der Waals surface area contributed by atoms with Crippen molar-refractivity contribution >= 4 is 0 Å². The summed E-state index contributed by atoms with van der Waals surface area (Å²) >= 11 is 0. The molecule has 0 aliphatic carbocycles. The number of rotatable bonds is 4. The lowest BCUT2D eigenvalue weighted by atomic mass is 10.5. The summed E-state index contributed by atoms with van der Waals surface area (Å²) in [6.07, 6.45) is 0.100. The van der Waals surface area contributed by atoms with Crippen LogP contribution in [0.4, 0.5) is 0 Å². The average molecular weight is 213 g/mol. The summed E-state index contributed by atoms with van der Waals surface area (Å²) in [7, 11) is 0. The summed E-state index contributed by atoms with van der Waals surface area (Å²) in [6, 6.07) is 0. The van der Waals surface area contributed by atoms with E-state index in [-0.39, 0.29) is 23.6 Å². The van der Waals surface area contributed by atoms with E-state index in [4.69, 9.17) is 9.47 Å². The lowest BCUT2D eigenvalue weighted by molar-refractivity contribution is 0.364. The second-order valence-corrected chi connectivity index (χ2v) is 3.83. The first kappa shape index (κ1) is 8.93. The topological polar surface area (TPSA) is 84.8 Å². The number of H-pyrrole nitrogens is 1. The zero-order chi connectivity index (χ0) is 10.4. The van der Waals surface area contributed by atoms with Crippen LogP contribution < -0.4 is 11.4 Å². The largest absolute Gasteiger partial charge is 0.371 e. The molecule has 2 fully saturated rings. The van der Waals surface area contributed by atoms with Crippen LogP contribution in [-0.4, -0.2) is 39.8 Å². The molecule has 15 heavy (non-hydrogen) atoms. The van der Waals surface area contributed by atoms with E-state index in [2.05, 4.69) is 5.10 Å². The van der Waals surface area contributed by atoms with Gasteiger partial charge in [-0.15, -0.1) is 0 Å². The van der Waals surface area contributed by atoms with Gasteiger partial charge in [-0.1, -0.05) is 0 Å². The van der Waals surface area contributed by atoms with Gasteiger partial charge in [0, 0.05) is 0 Å². The molecule has 82 valence electrons. The number of hydrogen-bond acceptors (Lipinski definition) is 4. The standard InChI is InChI=1S/C8H11N3O4/c12-7-9-11(2-6-4-15-6)8(13)10(7)1-5-3-14-5/h5-6H,1-4H2,(H,9,12). The highest BCUT2D eigenvalue weighted by Crippen LogP contribution is 2.10. The molecule has 7 heteroatoms. The molecule has 1 aromatic heterocycles. The third kappa shape index (κ3) is 1.75. The van der Waals surface area contributed by atoms with E-state index < -0.39 is 0 Å².